The average Bonchev–Trinajstić information content (AvgIpc) is 3.33. The number of esters is 2. The van der Waals surface area contributed by atoms with Gasteiger partial charge in [0, 0.05) is 35.3 Å². The number of rotatable bonds is 5. The molecule has 0 aromatic heterocycles. The molecule has 8 atom stereocenters. The van der Waals surface area contributed by atoms with Gasteiger partial charge in [0.2, 0.25) is 0 Å². The van der Waals surface area contributed by atoms with Crippen LogP contribution in [-0.4, -0.2) is 57.8 Å². The molecule has 1 saturated heterocycles. The van der Waals surface area contributed by atoms with E-state index in [1.165, 1.54) is 0 Å². The van der Waals surface area contributed by atoms with E-state index in [2.05, 4.69) is 0 Å². The molecule has 32 heavy (non-hydrogen) atoms. The number of allylic oxidation sites excluding steroid dienone is 2. The van der Waals surface area contributed by atoms with Gasteiger partial charge in [-0.1, -0.05) is 32.9 Å². The molecule has 0 unspecified atom stereocenters. The van der Waals surface area contributed by atoms with Crippen molar-refractivity contribution in [2.24, 2.45) is 17.3 Å². The van der Waals surface area contributed by atoms with Crippen LogP contribution in [-0.2, 0) is 23.8 Å². The molecule has 1 aliphatic heterocycles. The Morgan fingerprint density at radius 2 is 1.56 bits per heavy atom. The lowest BCUT2D eigenvalue weighted by Crippen LogP contribution is -2.56. The molecule has 2 saturated carbocycles. The Kier molecular flexibility index (Phi) is 6.44. The van der Waals surface area contributed by atoms with Crippen LogP contribution >= 0.6 is 0 Å². The molecule has 0 aromatic carbocycles. The van der Waals surface area contributed by atoms with Crippen molar-refractivity contribution in [3.05, 3.63) is 23.3 Å². The monoisotopic (exact) mass is 450 g/mol. The molecule has 3 rings (SSSR count). The lowest BCUT2D eigenvalue weighted by atomic mass is 9.66. The number of aliphatic hydroxyl groups excluding tert-OH is 1. The van der Waals surface area contributed by atoms with Crippen molar-refractivity contribution in [1.82, 2.24) is 0 Å². The second-order valence-corrected chi connectivity index (χ2v) is 10.5. The normalized spacial score (nSPS) is 43.9. The Bertz CT molecular complexity index is 845. The van der Waals surface area contributed by atoms with Crippen LogP contribution in [0.4, 0.5) is 0 Å². The largest absolute Gasteiger partial charge is 0.458 e. The number of aliphatic hydroxyl groups is 2. The second-order valence-electron chi connectivity index (χ2n) is 10.5. The molecule has 0 amide bonds. The summed E-state index contributed by atoms with van der Waals surface area (Å²) in [4.78, 5) is 25.5. The summed E-state index contributed by atoms with van der Waals surface area (Å²) in [5.41, 5.74) is -2.15. The van der Waals surface area contributed by atoms with Gasteiger partial charge >= 0.3 is 11.9 Å². The minimum Gasteiger partial charge on any atom is -0.458 e. The van der Waals surface area contributed by atoms with Crippen LogP contribution in [0.15, 0.2) is 23.3 Å². The number of carbonyl (C=O) groups is 2. The SMILES string of the molecule is C/C=C(/C)C(=O)O[C@@H]1C[C@]2(C)O[C@@H]2[C@H](OC(=O)/C(C)=C\C)[C@@]2(C)[C@@H](O)C[C@](O)(C(C)C)[C@@H]12. The van der Waals surface area contributed by atoms with Gasteiger partial charge in [-0.15, -0.1) is 0 Å². The van der Waals surface area contributed by atoms with E-state index >= 15 is 0 Å². The fourth-order valence-electron chi connectivity index (χ4n) is 5.70. The Labute approximate surface area is 190 Å². The number of fused-ring (bicyclic) bond motifs is 2. The second kappa shape index (κ2) is 8.26. The van der Waals surface area contributed by atoms with Gasteiger partial charge in [-0.05, 0) is 40.5 Å². The molecule has 2 aliphatic carbocycles. The van der Waals surface area contributed by atoms with Crippen molar-refractivity contribution in [2.45, 2.75) is 104 Å². The lowest BCUT2D eigenvalue weighted by molar-refractivity contribution is -0.186. The van der Waals surface area contributed by atoms with E-state index in [9.17, 15) is 19.8 Å². The predicted molar refractivity (Wildman–Crippen MR) is 119 cm³/mol. The molecule has 1 heterocycles. The predicted octanol–water partition coefficient (Wildman–Crippen LogP) is 3.08. The topological polar surface area (TPSA) is 106 Å². The number of hydrogen-bond donors (Lipinski definition) is 2. The van der Waals surface area contributed by atoms with Crippen LogP contribution < -0.4 is 0 Å². The maximum absolute atomic E-state index is 12.8. The number of ether oxygens (including phenoxy) is 3. The van der Waals surface area contributed by atoms with E-state index in [0.717, 1.165) is 0 Å². The third-order valence-corrected chi connectivity index (χ3v) is 8.26. The fourth-order valence-corrected chi connectivity index (χ4v) is 5.70. The quantitative estimate of drug-likeness (QED) is 0.377. The summed E-state index contributed by atoms with van der Waals surface area (Å²) < 4.78 is 18.0. The smallest absolute Gasteiger partial charge is 0.333 e. The highest BCUT2D eigenvalue weighted by Gasteiger charge is 2.76. The Morgan fingerprint density at radius 1 is 1.03 bits per heavy atom. The van der Waals surface area contributed by atoms with E-state index < -0.39 is 58.9 Å². The van der Waals surface area contributed by atoms with E-state index in [1.54, 1.807) is 39.8 Å². The van der Waals surface area contributed by atoms with Crippen LogP contribution in [0, 0.1) is 17.3 Å². The fraction of sp³-hybridized carbons (Fsp3) is 0.760. The highest BCUT2D eigenvalue weighted by Crippen LogP contribution is 2.64. The van der Waals surface area contributed by atoms with E-state index in [0.29, 0.717) is 17.6 Å². The molecular weight excluding hydrogens is 412 g/mol. The first-order valence-electron chi connectivity index (χ1n) is 11.5. The summed E-state index contributed by atoms with van der Waals surface area (Å²) >= 11 is 0. The Hall–Kier alpha value is -1.70. The van der Waals surface area contributed by atoms with E-state index in [4.69, 9.17) is 14.2 Å². The number of epoxide rings is 1. The van der Waals surface area contributed by atoms with Crippen molar-refractivity contribution in [3.8, 4) is 0 Å². The zero-order valence-electron chi connectivity index (χ0n) is 20.5. The third kappa shape index (κ3) is 3.72. The highest BCUT2D eigenvalue weighted by molar-refractivity contribution is 5.88. The first kappa shape index (κ1) is 24.9. The average molecular weight is 451 g/mol. The molecule has 180 valence electrons. The first-order chi connectivity index (χ1) is 14.8. The molecule has 7 nitrogen and oxygen atoms in total. The van der Waals surface area contributed by atoms with Gasteiger partial charge in [0.15, 0.2) is 0 Å². The molecular formula is C25H38O7. The standard InChI is InChI=1S/C25H38O7/c1-9-14(5)21(27)30-16-11-23(7)19(32-23)20(31-22(28)15(6)10-2)24(8)17(26)12-25(29,13(3)4)18(16)24/h9-10,13,16-20,26,29H,11-12H2,1-8H3/b14-9-,15-10-/t16-,17+,18+,19-,20+,23+,24+,25+/m1/s1. The summed E-state index contributed by atoms with van der Waals surface area (Å²) in [5, 5.41) is 23.2. The van der Waals surface area contributed by atoms with Crippen LogP contribution in [0.25, 0.3) is 0 Å². The number of hydrogen-bond acceptors (Lipinski definition) is 7. The maximum Gasteiger partial charge on any atom is 0.333 e. The Balaban J connectivity index is 2.12. The summed E-state index contributed by atoms with van der Waals surface area (Å²) in [6.45, 7) is 14.4. The van der Waals surface area contributed by atoms with Crippen molar-refractivity contribution in [2.75, 3.05) is 0 Å². The van der Waals surface area contributed by atoms with Crippen LogP contribution in [0.3, 0.4) is 0 Å². The van der Waals surface area contributed by atoms with Crippen molar-refractivity contribution < 1.29 is 34.0 Å². The zero-order valence-corrected chi connectivity index (χ0v) is 20.5. The van der Waals surface area contributed by atoms with Crippen LogP contribution in [0.2, 0.25) is 0 Å². The lowest BCUT2D eigenvalue weighted by Gasteiger charge is -2.46. The Morgan fingerprint density at radius 3 is 2.06 bits per heavy atom. The highest BCUT2D eigenvalue weighted by atomic mass is 16.6. The maximum atomic E-state index is 12.8. The molecule has 0 spiro atoms. The van der Waals surface area contributed by atoms with Gasteiger partial charge in [0.1, 0.15) is 18.3 Å². The first-order valence-corrected chi connectivity index (χ1v) is 11.5. The van der Waals surface area contributed by atoms with Crippen molar-refractivity contribution in [3.63, 3.8) is 0 Å². The van der Waals surface area contributed by atoms with Crippen molar-refractivity contribution in [1.29, 1.82) is 0 Å². The van der Waals surface area contributed by atoms with Gasteiger partial charge in [0.25, 0.3) is 0 Å². The summed E-state index contributed by atoms with van der Waals surface area (Å²) in [6.07, 6.45) is 0.855. The van der Waals surface area contributed by atoms with Crippen molar-refractivity contribution >= 4 is 11.9 Å². The summed E-state index contributed by atoms with van der Waals surface area (Å²) in [7, 11) is 0. The molecule has 3 aliphatic rings. The van der Waals surface area contributed by atoms with Gasteiger partial charge in [-0.2, -0.15) is 0 Å². The van der Waals surface area contributed by atoms with Gasteiger partial charge in [0.05, 0.1) is 17.3 Å². The number of carbonyl (C=O) groups excluding carboxylic acids is 2. The molecule has 0 aromatic rings. The van der Waals surface area contributed by atoms with E-state index in [1.807, 2.05) is 27.7 Å². The molecule has 3 fully saturated rings. The van der Waals surface area contributed by atoms with Crippen LogP contribution in [0.1, 0.15) is 68.2 Å². The zero-order chi connectivity index (χ0) is 24.2. The van der Waals surface area contributed by atoms with Gasteiger partial charge < -0.3 is 24.4 Å². The minimum absolute atomic E-state index is 0.0998. The molecule has 0 bridgehead atoms. The van der Waals surface area contributed by atoms with Gasteiger partial charge in [-0.3, -0.25) is 0 Å². The summed E-state index contributed by atoms with van der Waals surface area (Å²) in [5.74, 6) is -1.81. The minimum atomic E-state index is -1.31. The summed E-state index contributed by atoms with van der Waals surface area (Å²) in [6, 6.07) is 0. The molecule has 7 heteroatoms. The molecule has 0 radical (unpaired) electrons. The van der Waals surface area contributed by atoms with Crippen LogP contribution in [0.5, 0.6) is 0 Å². The molecule has 2 N–H and O–H groups in total. The third-order valence-electron chi connectivity index (χ3n) is 8.26. The van der Waals surface area contributed by atoms with E-state index in [-0.39, 0.29) is 12.3 Å². The van der Waals surface area contributed by atoms with Gasteiger partial charge in [-0.25, -0.2) is 9.59 Å².